The van der Waals surface area contributed by atoms with Crippen molar-refractivity contribution < 1.29 is 13.5 Å². The Hall–Kier alpha value is -3.22. The van der Waals surface area contributed by atoms with E-state index in [1.165, 1.54) is 12.1 Å². The van der Waals surface area contributed by atoms with Gasteiger partial charge in [0.05, 0.1) is 13.1 Å². The third kappa shape index (κ3) is 3.74. The average Bonchev–Trinajstić information content (AvgIpc) is 2.65. The summed E-state index contributed by atoms with van der Waals surface area (Å²) in [6.45, 7) is 3.18. The lowest BCUT2D eigenvalue weighted by atomic mass is 10.1. The van der Waals surface area contributed by atoms with E-state index in [1.807, 2.05) is 48.0 Å². The molecule has 0 atom stereocenters. The zero-order valence-electron chi connectivity index (χ0n) is 15.6. The number of nitrogens with zero attached hydrogens (tertiary/aromatic N) is 4. The predicted octanol–water partition coefficient (Wildman–Crippen LogP) is 4.10. The number of ether oxygens (including phenoxy) is 1. The van der Waals surface area contributed by atoms with Crippen LogP contribution in [0, 0.1) is 18.6 Å². The van der Waals surface area contributed by atoms with Crippen LogP contribution in [0.4, 0.5) is 26.2 Å². The van der Waals surface area contributed by atoms with Gasteiger partial charge in [-0.15, -0.1) is 0 Å². The fraction of sp³-hybridized carbons (Fsp3) is 0.238. The molecule has 0 aliphatic carbocycles. The smallest absolute Gasteiger partial charge is 0.231 e. The molecule has 0 bridgehead atoms. The summed E-state index contributed by atoms with van der Waals surface area (Å²) in [4.78, 5) is 13.0. The molecule has 28 heavy (non-hydrogen) atoms. The SMILES string of the molecule is Cc1cccc(N(C)c2nccc(N3CC(Oc4ccc(F)cc4F)C3)n2)c1. The molecule has 144 valence electrons. The predicted molar refractivity (Wildman–Crippen MR) is 104 cm³/mol. The van der Waals surface area contributed by atoms with Gasteiger partial charge in [0.1, 0.15) is 17.7 Å². The molecule has 2 heterocycles. The van der Waals surface area contributed by atoms with Gasteiger partial charge in [-0.25, -0.2) is 13.8 Å². The lowest BCUT2D eigenvalue weighted by Crippen LogP contribution is -2.54. The van der Waals surface area contributed by atoms with Crippen LogP contribution in [0.1, 0.15) is 5.56 Å². The third-order valence-corrected chi connectivity index (χ3v) is 4.68. The van der Waals surface area contributed by atoms with Gasteiger partial charge in [-0.05, 0) is 42.8 Å². The number of hydrogen-bond acceptors (Lipinski definition) is 5. The molecule has 7 heteroatoms. The molecular formula is C21H20F2N4O. The van der Waals surface area contributed by atoms with E-state index in [9.17, 15) is 8.78 Å². The molecule has 1 fully saturated rings. The van der Waals surface area contributed by atoms with E-state index < -0.39 is 11.6 Å². The Balaban J connectivity index is 1.42. The highest BCUT2D eigenvalue weighted by molar-refractivity contribution is 5.59. The van der Waals surface area contributed by atoms with Crippen LogP contribution in [0.5, 0.6) is 5.75 Å². The second kappa shape index (κ2) is 7.42. The van der Waals surface area contributed by atoms with Crippen LogP contribution in [-0.2, 0) is 0 Å². The van der Waals surface area contributed by atoms with Crippen molar-refractivity contribution in [3.63, 3.8) is 0 Å². The Bertz CT molecular complexity index is 992. The molecular weight excluding hydrogens is 362 g/mol. The van der Waals surface area contributed by atoms with Crippen LogP contribution in [0.2, 0.25) is 0 Å². The lowest BCUT2D eigenvalue weighted by Gasteiger charge is -2.40. The number of aryl methyl sites for hydroxylation is 1. The summed E-state index contributed by atoms with van der Waals surface area (Å²) in [5, 5.41) is 0. The Morgan fingerprint density at radius 2 is 1.93 bits per heavy atom. The molecule has 1 saturated heterocycles. The molecule has 5 nitrogen and oxygen atoms in total. The molecule has 0 N–H and O–H groups in total. The van der Waals surface area contributed by atoms with E-state index in [1.54, 1.807) is 6.20 Å². The molecule has 2 aromatic carbocycles. The van der Waals surface area contributed by atoms with Gasteiger partial charge in [-0.2, -0.15) is 4.98 Å². The van der Waals surface area contributed by atoms with Crippen molar-refractivity contribution in [1.82, 2.24) is 9.97 Å². The molecule has 0 amide bonds. The molecule has 1 aromatic heterocycles. The Labute approximate surface area is 162 Å². The van der Waals surface area contributed by atoms with Gasteiger partial charge in [-0.3, -0.25) is 0 Å². The highest BCUT2D eigenvalue weighted by atomic mass is 19.1. The summed E-state index contributed by atoms with van der Waals surface area (Å²) in [5.74, 6) is 0.128. The topological polar surface area (TPSA) is 41.5 Å². The number of hydrogen-bond donors (Lipinski definition) is 0. The maximum absolute atomic E-state index is 13.7. The number of benzene rings is 2. The zero-order valence-corrected chi connectivity index (χ0v) is 15.6. The molecule has 0 radical (unpaired) electrons. The summed E-state index contributed by atoms with van der Waals surface area (Å²) in [7, 11) is 1.92. The van der Waals surface area contributed by atoms with Crippen LogP contribution in [0.3, 0.4) is 0 Å². The van der Waals surface area contributed by atoms with E-state index >= 15 is 0 Å². The molecule has 1 aliphatic heterocycles. The van der Waals surface area contributed by atoms with Crippen molar-refractivity contribution in [3.8, 4) is 5.75 Å². The molecule has 4 rings (SSSR count). The largest absolute Gasteiger partial charge is 0.484 e. The van der Waals surface area contributed by atoms with Crippen LogP contribution >= 0.6 is 0 Å². The van der Waals surface area contributed by atoms with E-state index in [-0.39, 0.29) is 11.9 Å². The molecule has 0 saturated carbocycles. The van der Waals surface area contributed by atoms with E-state index in [2.05, 4.69) is 16.0 Å². The van der Waals surface area contributed by atoms with Gasteiger partial charge < -0.3 is 14.5 Å². The van der Waals surface area contributed by atoms with Gasteiger partial charge in [-0.1, -0.05) is 12.1 Å². The van der Waals surface area contributed by atoms with Crippen LogP contribution in [0.15, 0.2) is 54.7 Å². The van der Waals surface area contributed by atoms with Crippen LogP contribution in [-0.4, -0.2) is 36.2 Å². The highest BCUT2D eigenvalue weighted by Gasteiger charge is 2.30. The summed E-state index contributed by atoms with van der Waals surface area (Å²) >= 11 is 0. The van der Waals surface area contributed by atoms with Gasteiger partial charge in [0, 0.05) is 25.0 Å². The molecule has 1 aliphatic rings. The normalized spacial score (nSPS) is 13.9. The van der Waals surface area contributed by atoms with Crippen molar-refractivity contribution in [2.45, 2.75) is 13.0 Å². The summed E-state index contributed by atoms with van der Waals surface area (Å²) in [6, 6.07) is 13.3. The lowest BCUT2D eigenvalue weighted by molar-refractivity contribution is 0.159. The molecule has 3 aromatic rings. The fourth-order valence-corrected chi connectivity index (χ4v) is 3.08. The Morgan fingerprint density at radius 1 is 1.11 bits per heavy atom. The minimum Gasteiger partial charge on any atom is -0.484 e. The second-order valence-electron chi connectivity index (χ2n) is 6.83. The summed E-state index contributed by atoms with van der Waals surface area (Å²) in [6.07, 6.45) is 1.55. The monoisotopic (exact) mass is 382 g/mol. The number of anilines is 3. The average molecular weight is 382 g/mol. The molecule has 0 unspecified atom stereocenters. The number of rotatable bonds is 5. The van der Waals surface area contributed by atoms with E-state index in [4.69, 9.17) is 4.74 Å². The maximum atomic E-state index is 13.7. The second-order valence-corrected chi connectivity index (χ2v) is 6.83. The minimum atomic E-state index is -0.692. The van der Waals surface area contributed by atoms with Crippen LogP contribution in [0.25, 0.3) is 0 Å². The molecule has 0 spiro atoms. The van der Waals surface area contributed by atoms with Crippen molar-refractivity contribution in [3.05, 3.63) is 71.9 Å². The quantitative estimate of drug-likeness (QED) is 0.665. The van der Waals surface area contributed by atoms with Crippen LogP contribution < -0.4 is 14.5 Å². The summed E-state index contributed by atoms with van der Waals surface area (Å²) < 4.78 is 32.3. The van der Waals surface area contributed by atoms with Gasteiger partial charge >= 0.3 is 0 Å². The fourth-order valence-electron chi connectivity index (χ4n) is 3.08. The van der Waals surface area contributed by atoms with E-state index in [0.717, 1.165) is 23.1 Å². The van der Waals surface area contributed by atoms with E-state index in [0.29, 0.717) is 19.0 Å². The first-order valence-corrected chi connectivity index (χ1v) is 9.00. The number of halogens is 2. The minimum absolute atomic E-state index is 0.0635. The van der Waals surface area contributed by atoms with Gasteiger partial charge in [0.25, 0.3) is 0 Å². The highest BCUT2D eigenvalue weighted by Crippen LogP contribution is 2.27. The van der Waals surface area contributed by atoms with Crippen molar-refractivity contribution in [2.24, 2.45) is 0 Å². The Kier molecular flexibility index (Phi) is 4.81. The zero-order chi connectivity index (χ0) is 19.7. The van der Waals surface area contributed by atoms with Crippen molar-refractivity contribution in [1.29, 1.82) is 0 Å². The first kappa shape index (κ1) is 18.2. The standard InChI is InChI=1S/C21H20F2N4O/c1-14-4-3-5-16(10-14)26(2)21-24-9-8-20(25-21)27-12-17(13-27)28-19-7-6-15(22)11-18(19)23/h3-11,17H,12-13H2,1-2H3. The van der Waals surface area contributed by atoms with Gasteiger partial charge in [0.2, 0.25) is 5.95 Å². The van der Waals surface area contributed by atoms with Crippen molar-refractivity contribution in [2.75, 3.05) is 29.9 Å². The summed E-state index contributed by atoms with van der Waals surface area (Å²) in [5.41, 5.74) is 2.17. The third-order valence-electron chi connectivity index (χ3n) is 4.68. The number of aromatic nitrogens is 2. The Morgan fingerprint density at radius 3 is 2.68 bits per heavy atom. The van der Waals surface area contributed by atoms with Gasteiger partial charge in [0.15, 0.2) is 11.6 Å². The first-order valence-electron chi connectivity index (χ1n) is 9.00. The van der Waals surface area contributed by atoms with Crippen molar-refractivity contribution >= 4 is 17.5 Å². The first-order chi connectivity index (χ1) is 13.5. The maximum Gasteiger partial charge on any atom is 0.231 e.